The van der Waals surface area contributed by atoms with Gasteiger partial charge in [-0.15, -0.1) is 11.8 Å². The summed E-state index contributed by atoms with van der Waals surface area (Å²) in [7, 11) is 0. The molecule has 0 aromatic heterocycles. The number of hydrogen-bond acceptors (Lipinski definition) is 5. The summed E-state index contributed by atoms with van der Waals surface area (Å²) in [6.07, 6.45) is 0. The number of phenols is 2. The summed E-state index contributed by atoms with van der Waals surface area (Å²) in [5.41, 5.74) is -0.258. The summed E-state index contributed by atoms with van der Waals surface area (Å²) >= 11 is 1.31. The number of carboxylic acid groups (broad SMARTS) is 1. The molecule has 1 aromatic rings. The second-order valence-corrected chi connectivity index (χ2v) is 4.80. The van der Waals surface area contributed by atoms with Crippen LogP contribution in [0.3, 0.4) is 0 Å². The van der Waals surface area contributed by atoms with E-state index in [1.54, 1.807) is 0 Å². The molecule has 3 N–H and O–H groups in total. The van der Waals surface area contributed by atoms with Gasteiger partial charge in [0.1, 0.15) is 23.1 Å². The molecule has 1 fully saturated rings. The Morgan fingerprint density at radius 1 is 1.28 bits per heavy atom. The normalized spacial score (nSPS) is 18.9. The van der Waals surface area contributed by atoms with Crippen molar-refractivity contribution in [2.75, 3.05) is 11.6 Å². The number of hydrogen-bond donors (Lipinski definition) is 3. The molecule has 0 unspecified atom stereocenters. The lowest BCUT2D eigenvalue weighted by atomic mass is 10.1. The average Bonchev–Trinajstić information content (AvgIpc) is 2.77. The van der Waals surface area contributed by atoms with Crippen LogP contribution in [-0.2, 0) is 4.79 Å². The molecule has 0 saturated carbocycles. The second kappa shape index (κ2) is 4.77. The minimum Gasteiger partial charge on any atom is -0.507 e. The molecule has 18 heavy (non-hydrogen) atoms. The van der Waals surface area contributed by atoms with Crippen molar-refractivity contribution in [2.24, 2.45) is 0 Å². The first kappa shape index (κ1) is 12.6. The zero-order valence-electron chi connectivity index (χ0n) is 9.24. The first-order valence-electron chi connectivity index (χ1n) is 5.15. The molecule has 1 amide bonds. The van der Waals surface area contributed by atoms with Crippen molar-refractivity contribution < 1.29 is 24.9 Å². The van der Waals surface area contributed by atoms with E-state index in [0.717, 1.165) is 4.90 Å². The summed E-state index contributed by atoms with van der Waals surface area (Å²) in [6, 6.07) is 3.01. The predicted octanol–water partition coefficient (Wildman–Crippen LogP) is 0.697. The fourth-order valence-corrected chi connectivity index (χ4v) is 2.88. The van der Waals surface area contributed by atoms with Gasteiger partial charge in [0.25, 0.3) is 5.91 Å². The lowest BCUT2D eigenvalue weighted by Gasteiger charge is -2.21. The smallest absolute Gasteiger partial charge is 0.327 e. The number of thioether (sulfide) groups is 1. The molecule has 1 saturated heterocycles. The molecule has 6 nitrogen and oxygen atoms in total. The lowest BCUT2D eigenvalue weighted by Crippen LogP contribution is -2.41. The van der Waals surface area contributed by atoms with Crippen molar-refractivity contribution in [2.45, 2.75) is 6.04 Å². The first-order chi connectivity index (χ1) is 8.52. The zero-order valence-corrected chi connectivity index (χ0v) is 10.1. The van der Waals surface area contributed by atoms with Gasteiger partial charge in [0.15, 0.2) is 0 Å². The number of phenolic OH excluding ortho intramolecular Hbond substituents is 2. The maximum absolute atomic E-state index is 12.1. The third kappa shape index (κ3) is 2.08. The van der Waals surface area contributed by atoms with E-state index in [9.17, 15) is 19.8 Å². The number of benzene rings is 1. The van der Waals surface area contributed by atoms with E-state index in [0.29, 0.717) is 5.75 Å². The van der Waals surface area contributed by atoms with Crippen molar-refractivity contribution in [3.05, 3.63) is 23.8 Å². The molecule has 0 radical (unpaired) electrons. The minimum atomic E-state index is -1.09. The van der Waals surface area contributed by atoms with E-state index in [1.165, 1.54) is 30.0 Å². The summed E-state index contributed by atoms with van der Waals surface area (Å²) < 4.78 is 0. The Hall–Kier alpha value is -1.89. The van der Waals surface area contributed by atoms with Crippen molar-refractivity contribution in [3.8, 4) is 11.5 Å². The molecule has 1 atom stereocenters. The molecule has 0 aliphatic carbocycles. The van der Waals surface area contributed by atoms with E-state index in [1.807, 2.05) is 0 Å². The average molecular weight is 269 g/mol. The van der Waals surface area contributed by atoms with E-state index >= 15 is 0 Å². The fourth-order valence-electron chi connectivity index (χ4n) is 1.74. The van der Waals surface area contributed by atoms with Gasteiger partial charge in [0.05, 0.1) is 5.88 Å². The quantitative estimate of drug-likeness (QED) is 0.731. The van der Waals surface area contributed by atoms with Crippen molar-refractivity contribution in [1.82, 2.24) is 4.90 Å². The van der Waals surface area contributed by atoms with Crippen LogP contribution < -0.4 is 0 Å². The van der Waals surface area contributed by atoms with E-state index < -0.39 is 17.9 Å². The van der Waals surface area contributed by atoms with E-state index in [-0.39, 0.29) is 22.9 Å². The van der Waals surface area contributed by atoms with Gasteiger partial charge in [-0.1, -0.05) is 6.07 Å². The Kier molecular flexibility index (Phi) is 3.33. The molecule has 2 rings (SSSR count). The molecule has 0 bridgehead atoms. The van der Waals surface area contributed by atoms with Crippen LogP contribution in [0.15, 0.2) is 18.2 Å². The Balaban J connectivity index is 2.34. The summed E-state index contributed by atoms with van der Waals surface area (Å²) in [6.45, 7) is 0. The highest BCUT2D eigenvalue weighted by Gasteiger charge is 2.36. The summed E-state index contributed by atoms with van der Waals surface area (Å²) in [5.74, 6) is -1.97. The van der Waals surface area contributed by atoms with Gasteiger partial charge >= 0.3 is 5.97 Å². The maximum atomic E-state index is 12.1. The number of carbonyl (C=O) groups is 2. The van der Waals surface area contributed by atoms with Gasteiger partial charge in [0.2, 0.25) is 0 Å². The SMILES string of the molecule is O=C(O)[C@@H]1CSCN1C(=O)c1c(O)cccc1O. The Labute approximate surface area is 107 Å². The standard InChI is InChI=1S/C11H11NO5S/c13-7-2-1-3-8(14)9(7)10(15)12-5-18-4-6(12)11(16)17/h1-3,6,13-14H,4-5H2,(H,16,17)/t6-/m0/s1. The number of aliphatic carboxylic acids is 1. The van der Waals surface area contributed by atoms with Crippen LogP contribution in [0.5, 0.6) is 11.5 Å². The molecule has 7 heteroatoms. The van der Waals surface area contributed by atoms with Gasteiger partial charge in [-0.25, -0.2) is 4.79 Å². The topological polar surface area (TPSA) is 98.1 Å². The van der Waals surface area contributed by atoms with Crippen LogP contribution in [0.1, 0.15) is 10.4 Å². The zero-order chi connectivity index (χ0) is 13.3. The Bertz CT molecular complexity index is 484. The van der Waals surface area contributed by atoms with Crippen LogP contribution in [0.25, 0.3) is 0 Å². The third-order valence-electron chi connectivity index (χ3n) is 2.66. The molecular weight excluding hydrogens is 258 g/mol. The van der Waals surface area contributed by atoms with E-state index in [4.69, 9.17) is 5.11 Å². The van der Waals surface area contributed by atoms with Gasteiger partial charge in [-0.2, -0.15) is 0 Å². The van der Waals surface area contributed by atoms with Gasteiger partial charge in [-0.3, -0.25) is 4.79 Å². The van der Waals surface area contributed by atoms with Crippen LogP contribution in [0, 0.1) is 0 Å². The number of amides is 1. The fraction of sp³-hybridized carbons (Fsp3) is 0.273. The highest BCUT2D eigenvalue weighted by Crippen LogP contribution is 2.31. The van der Waals surface area contributed by atoms with Gasteiger partial charge in [0, 0.05) is 5.75 Å². The van der Waals surface area contributed by atoms with Gasteiger partial charge in [-0.05, 0) is 12.1 Å². The number of aromatic hydroxyl groups is 2. The monoisotopic (exact) mass is 269 g/mol. The number of rotatable bonds is 2. The van der Waals surface area contributed by atoms with Crippen LogP contribution in [-0.4, -0.2) is 49.8 Å². The second-order valence-electron chi connectivity index (χ2n) is 3.80. The largest absolute Gasteiger partial charge is 0.507 e. The Morgan fingerprint density at radius 3 is 2.44 bits per heavy atom. The number of carboxylic acids is 1. The summed E-state index contributed by atoms with van der Waals surface area (Å²) in [5, 5.41) is 28.2. The molecule has 1 aromatic carbocycles. The third-order valence-corrected chi connectivity index (χ3v) is 3.67. The molecule has 0 spiro atoms. The highest BCUT2D eigenvalue weighted by molar-refractivity contribution is 7.99. The van der Waals surface area contributed by atoms with E-state index in [2.05, 4.69) is 0 Å². The van der Waals surface area contributed by atoms with Crippen LogP contribution in [0.2, 0.25) is 0 Å². The molecular formula is C11H11NO5S. The first-order valence-corrected chi connectivity index (χ1v) is 6.30. The highest BCUT2D eigenvalue weighted by atomic mass is 32.2. The number of carbonyl (C=O) groups excluding carboxylic acids is 1. The summed E-state index contributed by atoms with van der Waals surface area (Å²) in [4.78, 5) is 24.2. The minimum absolute atomic E-state index is 0.226. The molecule has 96 valence electrons. The predicted molar refractivity (Wildman–Crippen MR) is 64.7 cm³/mol. The van der Waals surface area contributed by atoms with Crippen LogP contribution >= 0.6 is 11.8 Å². The van der Waals surface area contributed by atoms with Crippen molar-refractivity contribution in [3.63, 3.8) is 0 Å². The lowest BCUT2D eigenvalue weighted by molar-refractivity contribution is -0.140. The Morgan fingerprint density at radius 2 is 1.89 bits per heavy atom. The maximum Gasteiger partial charge on any atom is 0.327 e. The van der Waals surface area contributed by atoms with Crippen LogP contribution in [0.4, 0.5) is 0 Å². The van der Waals surface area contributed by atoms with Crippen molar-refractivity contribution >= 4 is 23.6 Å². The number of nitrogens with zero attached hydrogens (tertiary/aromatic N) is 1. The van der Waals surface area contributed by atoms with Gasteiger partial charge < -0.3 is 20.2 Å². The van der Waals surface area contributed by atoms with Crippen molar-refractivity contribution in [1.29, 1.82) is 0 Å². The molecule has 1 heterocycles. The molecule has 1 aliphatic rings. The molecule has 1 aliphatic heterocycles.